The van der Waals surface area contributed by atoms with Gasteiger partial charge in [0.25, 0.3) is 11.7 Å². The molecule has 0 aliphatic carbocycles. The predicted octanol–water partition coefficient (Wildman–Crippen LogP) is 4.18. The molecule has 0 bridgehead atoms. The van der Waals surface area contributed by atoms with Crippen LogP contribution in [0.4, 0.5) is 0 Å². The molecule has 1 amide bonds. The number of Topliss-reactive ketones (excluding diaryl/α,β-unsaturated/α-hetero) is 1. The number of H-pyrrole nitrogens is 1. The fraction of sp³-hybridized carbons (Fsp3) is 0.0800. The number of aromatic amines is 1. The first-order valence-electron chi connectivity index (χ1n) is 9.95. The molecular formula is C25H19N3O3. The van der Waals surface area contributed by atoms with Crippen LogP contribution in [-0.2, 0) is 16.1 Å². The predicted molar refractivity (Wildman–Crippen MR) is 117 cm³/mol. The third-order valence-corrected chi connectivity index (χ3v) is 5.56. The largest absolute Gasteiger partial charge is 0.507 e. The Morgan fingerprint density at radius 1 is 0.968 bits per heavy atom. The second-order valence-corrected chi connectivity index (χ2v) is 7.40. The lowest BCUT2D eigenvalue weighted by Crippen LogP contribution is -2.29. The average molecular weight is 409 g/mol. The van der Waals surface area contributed by atoms with Crippen LogP contribution in [0, 0.1) is 0 Å². The zero-order valence-electron chi connectivity index (χ0n) is 16.5. The first-order valence-corrected chi connectivity index (χ1v) is 9.95. The van der Waals surface area contributed by atoms with Crippen molar-refractivity contribution in [3.05, 3.63) is 108 Å². The molecule has 1 unspecified atom stereocenters. The van der Waals surface area contributed by atoms with Gasteiger partial charge in [-0.2, -0.15) is 0 Å². The van der Waals surface area contributed by atoms with Crippen LogP contribution in [0.25, 0.3) is 16.7 Å². The van der Waals surface area contributed by atoms with Gasteiger partial charge in [-0.05, 0) is 18.2 Å². The van der Waals surface area contributed by atoms with Crippen molar-refractivity contribution in [2.24, 2.45) is 0 Å². The number of carbonyl (C=O) groups excluding carboxylic acids is 2. The second-order valence-electron chi connectivity index (χ2n) is 7.40. The summed E-state index contributed by atoms with van der Waals surface area (Å²) in [6.45, 7) is 0.154. The number of aliphatic hydroxyl groups excluding tert-OH is 1. The normalized spacial score (nSPS) is 18.1. The van der Waals surface area contributed by atoms with Gasteiger partial charge in [0.15, 0.2) is 0 Å². The highest BCUT2D eigenvalue weighted by Crippen LogP contribution is 2.42. The van der Waals surface area contributed by atoms with Crippen LogP contribution >= 0.6 is 0 Å². The number of ketones is 1. The molecule has 3 heterocycles. The van der Waals surface area contributed by atoms with Gasteiger partial charge >= 0.3 is 0 Å². The highest BCUT2D eigenvalue weighted by molar-refractivity contribution is 6.46. The zero-order valence-corrected chi connectivity index (χ0v) is 16.5. The monoisotopic (exact) mass is 409 g/mol. The van der Waals surface area contributed by atoms with Crippen molar-refractivity contribution in [1.82, 2.24) is 14.9 Å². The van der Waals surface area contributed by atoms with Crippen molar-refractivity contribution in [3.8, 4) is 0 Å². The van der Waals surface area contributed by atoms with Crippen LogP contribution in [-0.4, -0.2) is 31.7 Å². The molecule has 152 valence electrons. The van der Waals surface area contributed by atoms with Crippen molar-refractivity contribution < 1.29 is 14.7 Å². The number of aromatic nitrogens is 2. The molecule has 1 saturated heterocycles. The van der Waals surface area contributed by atoms with E-state index in [-0.39, 0.29) is 17.9 Å². The number of pyridine rings is 1. The van der Waals surface area contributed by atoms with E-state index in [1.165, 1.54) is 4.90 Å². The molecule has 1 atom stereocenters. The number of nitrogens with zero attached hydrogens (tertiary/aromatic N) is 2. The molecule has 1 fully saturated rings. The van der Waals surface area contributed by atoms with Crippen molar-refractivity contribution >= 4 is 28.4 Å². The molecule has 1 aliphatic heterocycles. The van der Waals surface area contributed by atoms with E-state index in [0.29, 0.717) is 11.3 Å². The third-order valence-electron chi connectivity index (χ3n) is 5.56. The highest BCUT2D eigenvalue weighted by atomic mass is 16.3. The first kappa shape index (κ1) is 18.8. The number of nitrogens with one attached hydrogen (secondary N) is 1. The smallest absolute Gasteiger partial charge is 0.296 e. The molecule has 2 aromatic carbocycles. The molecule has 4 aromatic rings. The number of amides is 1. The fourth-order valence-electron chi connectivity index (χ4n) is 4.10. The van der Waals surface area contributed by atoms with Crippen molar-refractivity contribution in [2.75, 3.05) is 0 Å². The van der Waals surface area contributed by atoms with Crippen molar-refractivity contribution in [1.29, 1.82) is 0 Å². The van der Waals surface area contributed by atoms with Crippen LogP contribution in [0.5, 0.6) is 0 Å². The lowest BCUT2D eigenvalue weighted by Gasteiger charge is -2.24. The van der Waals surface area contributed by atoms with Crippen molar-refractivity contribution in [3.63, 3.8) is 0 Å². The standard InChI is InChI=1S/C25H19N3O3/c29-23(16-8-2-1-3-9-16)21-22(19-14-27-20-12-5-4-11-18(19)20)28(25(31)24(21)30)15-17-10-6-7-13-26-17/h1-14,22,27,29H,15H2/b23-21+. The van der Waals surface area contributed by atoms with Crippen LogP contribution in [0.1, 0.15) is 22.9 Å². The van der Waals surface area contributed by atoms with Gasteiger partial charge < -0.3 is 15.0 Å². The quantitative estimate of drug-likeness (QED) is 0.301. The molecule has 5 rings (SSSR count). The van der Waals surface area contributed by atoms with E-state index in [0.717, 1.165) is 16.5 Å². The van der Waals surface area contributed by atoms with E-state index in [1.807, 2.05) is 42.5 Å². The Morgan fingerprint density at radius 3 is 2.48 bits per heavy atom. The molecule has 0 radical (unpaired) electrons. The van der Waals surface area contributed by atoms with Gasteiger partial charge in [0.2, 0.25) is 0 Å². The highest BCUT2D eigenvalue weighted by Gasteiger charge is 2.47. The van der Waals surface area contributed by atoms with Gasteiger partial charge in [0, 0.05) is 34.4 Å². The summed E-state index contributed by atoms with van der Waals surface area (Å²) in [6.07, 6.45) is 3.45. The summed E-state index contributed by atoms with van der Waals surface area (Å²) in [4.78, 5) is 35.2. The van der Waals surface area contributed by atoms with E-state index in [2.05, 4.69) is 9.97 Å². The number of carbonyl (C=O) groups is 2. The molecule has 6 nitrogen and oxygen atoms in total. The lowest BCUT2D eigenvalue weighted by atomic mass is 9.95. The minimum Gasteiger partial charge on any atom is -0.507 e. The number of rotatable bonds is 4. The number of likely N-dealkylation sites (tertiary alicyclic amines) is 1. The third kappa shape index (κ3) is 3.18. The summed E-state index contributed by atoms with van der Waals surface area (Å²) in [7, 11) is 0. The number of benzene rings is 2. The number of hydrogen-bond acceptors (Lipinski definition) is 4. The minimum absolute atomic E-state index is 0.0804. The minimum atomic E-state index is -0.738. The Morgan fingerprint density at radius 2 is 1.71 bits per heavy atom. The Kier molecular flexibility index (Phi) is 4.59. The maximum atomic E-state index is 13.1. The molecule has 0 saturated carbocycles. The van der Waals surface area contributed by atoms with E-state index in [1.54, 1.807) is 42.7 Å². The van der Waals surface area contributed by atoms with Gasteiger partial charge in [-0.25, -0.2) is 0 Å². The molecule has 31 heavy (non-hydrogen) atoms. The maximum Gasteiger partial charge on any atom is 0.296 e. The molecule has 0 spiro atoms. The number of para-hydroxylation sites is 1. The van der Waals surface area contributed by atoms with Crippen LogP contribution < -0.4 is 0 Å². The Hall–Kier alpha value is -4.19. The SMILES string of the molecule is O=C1C(=O)N(Cc2ccccn2)C(c2c[nH]c3ccccc23)/C1=C(\O)c1ccccc1. The average Bonchev–Trinajstić information content (AvgIpc) is 3.34. The summed E-state index contributed by atoms with van der Waals surface area (Å²) in [5, 5.41) is 12.0. The fourth-order valence-corrected chi connectivity index (χ4v) is 4.10. The zero-order chi connectivity index (χ0) is 21.4. The van der Waals surface area contributed by atoms with E-state index in [4.69, 9.17) is 0 Å². The van der Waals surface area contributed by atoms with Gasteiger partial charge in [-0.1, -0.05) is 54.6 Å². The Balaban J connectivity index is 1.71. The van der Waals surface area contributed by atoms with Gasteiger partial charge in [-0.3, -0.25) is 14.6 Å². The Labute approximate surface area is 178 Å². The van der Waals surface area contributed by atoms with E-state index >= 15 is 0 Å². The first-order chi connectivity index (χ1) is 15.1. The summed E-state index contributed by atoms with van der Waals surface area (Å²) in [6, 6.07) is 21.2. The summed E-state index contributed by atoms with van der Waals surface area (Å²) < 4.78 is 0. The van der Waals surface area contributed by atoms with Gasteiger partial charge in [-0.15, -0.1) is 0 Å². The lowest BCUT2D eigenvalue weighted by molar-refractivity contribution is -0.140. The molecular weight excluding hydrogens is 390 g/mol. The van der Waals surface area contributed by atoms with Gasteiger partial charge in [0.05, 0.1) is 23.9 Å². The van der Waals surface area contributed by atoms with E-state index < -0.39 is 17.7 Å². The summed E-state index contributed by atoms with van der Waals surface area (Å²) in [5.74, 6) is -1.54. The van der Waals surface area contributed by atoms with Gasteiger partial charge in [0.1, 0.15) is 5.76 Å². The molecule has 1 aliphatic rings. The molecule has 2 N–H and O–H groups in total. The van der Waals surface area contributed by atoms with Crippen molar-refractivity contribution in [2.45, 2.75) is 12.6 Å². The van der Waals surface area contributed by atoms with E-state index in [9.17, 15) is 14.7 Å². The number of fused-ring (bicyclic) bond motifs is 1. The summed E-state index contributed by atoms with van der Waals surface area (Å²) >= 11 is 0. The number of hydrogen-bond donors (Lipinski definition) is 2. The Bertz CT molecular complexity index is 1310. The van der Waals surface area contributed by atoms with Crippen LogP contribution in [0.3, 0.4) is 0 Å². The summed E-state index contributed by atoms with van der Waals surface area (Å²) in [5.41, 5.74) is 2.87. The van der Waals surface area contributed by atoms with Crippen LogP contribution in [0.15, 0.2) is 90.8 Å². The maximum absolute atomic E-state index is 13.1. The second kappa shape index (κ2) is 7.57. The molecule has 6 heteroatoms. The number of aliphatic hydroxyl groups is 1. The molecule has 2 aromatic heterocycles. The van der Waals surface area contributed by atoms with Crippen LogP contribution in [0.2, 0.25) is 0 Å². The topological polar surface area (TPSA) is 86.3 Å².